The lowest BCUT2D eigenvalue weighted by Gasteiger charge is -2.25. The Labute approximate surface area is 131 Å². The van der Waals surface area contributed by atoms with Crippen molar-refractivity contribution in [2.45, 2.75) is 13.0 Å². The molecule has 0 radical (unpaired) electrons. The lowest BCUT2D eigenvalue weighted by molar-refractivity contribution is -0.126. The molecule has 0 unspecified atom stereocenters. The first kappa shape index (κ1) is 13.3. The number of hydrogen-bond donors (Lipinski definition) is 0. The van der Waals surface area contributed by atoms with E-state index in [0.717, 1.165) is 24.1 Å². The Morgan fingerprint density at radius 1 is 1.32 bits per heavy atom. The summed E-state index contributed by atoms with van der Waals surface area (Å²) in [5, 5.41) is 2.09. The molecule has 5 heteroatoms. The second-order valence-corrected chi connectivity index (χ2v) is 6.23. The van der Waals surface area contributed by atoms with Crippen molar-refractivity contribution in [1.29, 1.82) is 0 Å². The number of carbonyl (C=O) groups excluding carboxylic acids is 1. The van der Waals surface area contributed by atoms with Crippen LogP contribution >= 0.6 is 11.3 Å². The molecule has 0 saturated heterocycles. The number of rotatable bonds is 2. The zero-order valence-electron chi connectivity index (χ0n) is 11.9. The molecule has 4 nitrogen and oxygen atoms in total. The number of carbonyl (C=O) groups is 1. The van der Waals surface area contributed by atoms with E-state index < -0.39 is 0 Å². The Morgan fingerprint density at radius 2 is 2.23 bits per heavy atom. The van der Waals surface area contributed by atoms with Crippen LogP contribution in [0.15, 0.2) is 46.2 Å². The number of fused-ring (bicyclic) bond motifs is 2. The van der Waals surface area contributed by atoms with Gasteiger partial charge in [0.15, 0.2) is 5.58 Å². The van der Waals surface area contributed by atoms with Gasteiger partial charge in [-0.25, -0.2) is 4.98 Å². The maximum Gasteiger partial charge on any atom is 0.247 e. The summed E-state index contributed by atoms with van der Waals surface area (Å²) in [5.74, 6) is 0.460. The van der Waals surface area contributed by atoms with E-state index in [4.69, 9.17) is 4.42 Å². The van der Waals surface area contributed by atoms with Gasteiger partial charge in [0.25, 0.3) is 0 Å². The van der Waals surface area contributed by atoms with Crippen molar-refractivity contribution in [2.24, 2.45) is 0 Å². The van der Waals surface area contributed by atoms with Crippen molar-refractivity contribution in [2.75, 3.05) is 6.54 Å². The van der Waals surface area contributed by atoms with E-state index in [9.17, 15) is 4.79 Å². The highest BCUT2D eigenvalue weighted by Crippen LogP contribution is 2.24. The van der Waals surface area contributed by atoms with E-state index in [1.54, 1.807) is 23.5 Å². The first-order valence-corrected chi connectivity index (χ1v) is 8.05. The molecule has 0 atom stereocenters. The smallest absolute Gasteiger partial charge is 0.247 e. The highest BCUT2D eigenvalue weighted by Gasteiger charge is 2.19. The molecular weight excluding hydrogens is 296 g/mol. The van der Waals surface area contributed by atoms with Gasteiger partial charge in [0.1, 0.15) is 5.52 Å². The van der Waals surface area contributed by atoms with Gasteiger partial charge in [0, 0.05) is 30.1 Å². The van der Waals surface area contributed by atoms with Crippen LogP contribution in [0.3, 0.4) is 0 Å². The molecule has 110 valence electrons. The standard InChI is InChI=1S/C17H14N2O2S/c20-17(19-9-7-15-12(11-19)8-10-22-15)6-5-16-18-13-3-1-2-4-14(13)21-16/h1-6,8,10H,7,9,11H2/b6-5+. The van der Waals surface area contributed by atoms with Crippen molar-refractivity contribution in [1.82, 2.24) is 9.88 Å². The van der Waals surface area contributed by atoms with Crippen LogP contribution in [0.5, 0.6) is 0 Å². The monoisotopic (exact) mass is 310 g/mol. The molecule has 1 aliphatic rings. The van der Waals surface area contributed by atoms with Crippen LogP contribution in [0.25, 0.3) is 17.2 Å². The third kappa shape index (κ3) is 2.44. The van der Waals surface area contributed by atoms with Crippen LogP contribution in [0.1, 0.15) is 16.3 Å². The Hall–Kier alpha value is -2.40. The van der Waals surface area contributed by atoms with Crippen LogP contribution in [0.4, 0.5) is 0 Å². The molecular formula is C17H14N2O2S. The van der Waals surface area contributed by atoms with Crippen LogP contribution in [0.2, 0.25) is 0 Å². The zero-order valence-corrected chi connectivity index (χ0v) is 12.7. The number of thiophene rings is 1. The van der Waals surface area contributed by atoms with Gasteiger partial charge < -0.3 is 9.32 Å². The molecule has 4 rings (SSSR count). The number of para-hydroxylation sites is 2. The number of oxazole rings is 1. The lowest BCUT2D eigenvalue weighted by Crippen LogP contribution is -2.34. The minimum absolute atomic E-state index is 0.000828. The molecule has 1 aromatic carbocycles. The molecule has 2 aromatic heterocycles. The van der Waals surface area contributed by atoms with Crippen LogP contribution in [-0.4, -0.2) is 22.3 Å². The number of hydrogen-bond acceptors (Lipinski definition) is 4. The van der Waals surface area contributed by atoms with Gasteiger partial charge >= 0.3 is 0 Å². The zero-order chi connectivity index (χ0) is 14.9. The van der Waals surface area contributed by atoms with Crippen LogP contribution in [-0.2, 0) is 17.8 Å². The molecule has 3 aromatic rings. The molecule has 0 N–H and O–H groups in total. The van der Waals surface area contributed by atoms with E-state index in [1.165, 1.54) is 10.4 Å². The van der Waals surface area contributed by atoms with E-state index in [1.807, 2.05) is 29.2 Å². The van der Waals surface area contributed by atoms with Gasteiger partial charge in [-0.15, -0.1) is 11.3 Å². The first-order valence-electron chi connectivity index (χ1n) is 7.17. The van der Waals surface area contributed by atoms with Crippen LogP contribution < -0.4 is 0 Å². The van der Waals surface area contributed by atoms with Crippen LogP contribution in [0, 0.1) is 0 Å². The summed E-state index contributed by atoms with van der Waals surface area (Å²) in [6.07, 6.45) is 4.13. The van der Waals surface area contributed by atoms with E-state index in [2.05, 4.69) is 16.4 Å². The fraction of sp³-hybridized carbons (Fsp3) is 0.176. The number of nitrogens with zero attached hydrogens (tertiary/aromatic N) is 2. The highest BCUT2D eigenvalue weighted by molar-refractivity contribution is 7.10. The molecule has 0 bridgehead atoms. The van der Waals surface area contributed by atoms with Gasteiger partial charge in [0.2, 0.25) is 11.8 Å². The van der Waals surface area contributed by atoms with Gasteiger partial charge in [0.05, 0.1) is 0 Å². The van der Waals surface area contributed by atoms with Gasteiger partial charge in [-0.1, -0.05) is 12.1 Å². The van der Waals surface area contributed by atoms with E-state index >= 15 is 0 Å². The third-order valence-corrected chi connectivity index (χ3v) is 4.82. The molecule has 1 amide bonds. The Kier molecular flexibility index (Phi) is 3.27. The average molecular weight is 310 g/mol. The second-order valence-electron chi connectivity index (χ2n) is 5.23. The van der Waals surface area contributed by atoms with Crippen molar-refractivity contribution in [3.8, 4) is 0 Å². The predicted molar refractivity (Wildman–Crippen MR) is 86.5 cm³/mol. The van der Waals surface area contributed by atoms with Gasteiger partial charge in [-0.05, 0) is 35.6 Å². The molecule has 0 fully saturated rings. The molecule has 22 heavy (non-hydrogen) atoms. The fourth-order valence-electron chi connectivity index (χ4n) is 2.65. The van der Waals surface area contributed by atoms with Crippen molar-refractivity contribution in [3.63, 3.8) is 0 Å². The van der Waals surface area contributed by atoms with Gasteiger partial charge in [-0.3, -0.25) is 4.79 Å². The molecule has 0 spiro atoms. The molecule has 0 saturated carbocycles. The highest BCUT2D eigenvalue weighted by atomic mass is 32.1. The normalized spacial score (nSPS) is 14.6. The quantitative estimate of drug-likeness (QED) is 0.681. The second kappa shape index (κ2) is 5.42. The summed E-state index contributed by atoms with van der Waals surface area (Å²) in [6.45, 7) is 1.46. The summed E-state index contributed by atoms with van der Waals surface area (Å²) in [5.41, 5.74) is 2.80. The third-order valence-electron chi connectivity index (χ3n) is 3.80. The minimum Gasteiger partial charge on any atom is -0.437 e. The maximum absolute atomic E-state index is 12.3. The summed E-state index contributed by atoms with van der Waals surface area (Å²) in [7, 11) is 0. The fourth-order valence-corrected chi connectivity index (χ4v) is 3.54. The summed E-state index contributed by atoms with van der Waals surface area (Å²) in [4.78, 5) is 19.9. The summed E-state index contributed by atoms with van der Waals surface area (Å²) in [6, 6.07) is 9.67. The largest absolute Gasteiger partial charge is 0.437 e. The van der Waals surface area contributed by atoms with E-state index in [-0.39, 0.29) is 5.91 Å². The summed E-state index contributed by atoms with van der Waals surface area (Å²) >= 11 is 1.77. The molecule has 1 aliphatic heterocycles. The minimum atomic E-state index is -0.000828. The Balaban J connectivity index is 1.49. The topological polar surface area (TPSA) is 46.3 Å². The Morgan fingerprint density at radius 3 is 3.14 bits per heavy atom. The number of amides is 1. The van der Waals surface area contributed by atoms with Gasteiger partial charge in [-0.2, -0.15) is 0 Å². The lowest BCUT2D eigenvalue weighted by atomic mass is 10.1. The average Bonchev–Trinajstić information content (AvgIpc) is 3.17. The summed E-state index contributed by atoms with van der Waals surface area (Å²) < 4.78 is 5.58. The molecule has 0 aliphatic carbocycles. The number of benzene rings is 1. The van der Waals surface area contributed by atoms with Crippen molar-refractivity contribution < 1.29 is 9.21 Å². The number of aromatic nitrogens is 1. The maximum atomic E-state index is 12.3. The van der Waals surface area contributed by atoms with E-state index in [0.29, 0.717) is 12.4 Å². The van der Waals surface area contributed by atoms with Crippen molar-refractivity contribution in [3.05, 3.63) is 58.1 Å². The first-order chi connectivity index (χ1) is 10.8. The van der Waals surface area contributed by atoms with Crippen molar-refractivity contribution >= 4 is 34.4 Å². The SMILES string of the molecule is O=C(/C=C/c1nc2ccccc2o1)N1CCc2sccc2C1. The predicted octanol–water partition coefficient (Wildman–Crippen LogP) is 3.49. The molecule has 3 heterocycles. The Bertz CT molecular complexity index is 829.